The molecule has 0 amide bonds. The third kappa shape index (κ3) is 1.93. The predicted octanol–water partition coefficient (Wildman–Crippen LogP) is 1.45. The molecule has 0 saturated heterocycles. The number of nitro groups is 1. The first-order valence-corrected chi connectivity index (χ1v) is 4.13. The average molecular weight is 202 g/mol. The van der Waals surface area contributed by atoms with Crippen LogP contribution in [0.15, 0.2) is 37.1 Å². The van der Waals surface area contributed by atoms with Gasteiger partial charge in [0.05, 0.1) is 0 Å². The van der Waals surface area contributed by atoms with Crippen LogP contribution in [0.2, 0.25) is 0 Å². The van der Waals surface area contributed by atoms with E-state index in [1.807, 2.05) is 0 Å². The average Bonchev–Trinajstić information content (AvgIpc) is 2.30. The summed E-state index contributed by atoms with van der Waals surface area (Å²) in [6.45, 7) is 0. The molecule has 6 heteroatoms. The van der Waals surface area contributed by atoms with Crippen molar-refractivity contribution in [1.82, 2.24) is 15.0 Å². The van der Waals surface area contributed by atoms with Gasteiger partial charge in [0.25, 0.3) is 0 Å². The van der Waals surface area contributed by atoms with Crippen LogP contribution in [0.5, 0.6) is 0 Å². The molecule has 0 spiro atoms. The van der Waals surface area contributed by atoms with Gasteiger partial charge in [-0.15, -0.1) is 0 Å². The van der Waals surface area contributed by atoms with Crippen molar-refractivity contribution in [2.45, 2.75) is 0 Å². The fourth-order valence-corrected chi connectivity index (χ4v) is 1.11. The molecule has 6 nitrogen and oxygen atoms in total. The van der Waals surface area contributed by atoms with Crippen molar-refractivity contribution in [3.63, 3.8) is 0 Å². The third-order valence-corrected chi connectivity index (χ3v) is 1.83. The first-order chi connectivity index (χ1) is 7.27. The lowest BCUT2D eigenvalue weighted by atomic mass is 10.1. The minimum Gasteiger partial charge on any atom is -0.358 e. The Morgan fingerprint density at radius 3 is 2.33 bits per heavy atom. The second-order valence-electron chi connectivity index (χ2n) is 2.79. The lowest BCUT2D eigenvalue weighted by molar-refractivity contribution is -0.389. The second kappa shape index (κ2) is 3.79. The highest BCUT2D eigenvalue weighted by atomic mass is 16.6. The normalized spacial score (nSPS) is 9.87. The fraction of sp³-hybridized carbons (Fsp3) is 0. The summed E-state index contributed by atoms with van der Waals surface area (Å²) >= 11 is 0. The lowest BCUT2D eigenvalue weighted by Gasteiger charge is -1.96. The minimum absolute atomic E-state index is 0.171. The van der Waals surface area contributed by atoms with Crippen LogP contribution in [-0.4, -0.2) is 19.9 Å². The molecule has 0 unspecified atom stereocenters. The van der Waals surface area contributed by atoms with Gasteiger partial charge >= 0.3 is 5.82 Å². The van der Waals surface area contributed by atoms with Crippen molar-refractivity contribution in [3.8, 4) is 11.1 Å². The maximum Gasteiger partial charge on any atom is 0.363 e. The molecule has 0 bridgehead atoms. The number of nitrogens with zero attached hydrogens (tertiary/aromatic N) is 4. The van der Waals surface area contributed by atoms with E-state index in [9.17, 15) is 10.1 Å². The van der Waals surface area contributed by atoms with Gasteiger partial charge in [-0.2, -0.15) is 0 Å². The molecule has 2 rings (SSSR count). The van der Waals surface area contributed by atoms with Gasteiger partial charge in [0.2, 0.25) is 0 Å². The van der Waals surface area contributed by atoms with Gasteiger partial charge in [0, 0.05) is 29.6 Å². The molecule has 0 N–H and O–H groups in total. The van der Waals surface area contributed by atoms with E-state index in [0.29, 0.717) is 0 Å². The predicted molar refractivity (Wildman–Crippen MR) is 51.9 cm³/mol. The first-order valence-electron chi connectivity index (χ1n) is 4.13. The summed E-state index contributed by atoms with van der Waals surface area (Å²) in [5.74, 6) is -0.171. The van der Waals surface area contributed by atoms with E-state index in [1.165, 1.54) is 18.6 Å². The Labute approximate surface area is 84.8 Å². The highest BCUT2D eigenvalue weighted by molar-refractivity contribution is 5.60. The quantitative estimate of drug-likeness (QED) is 0.543. The fourth-order valence-electron chi connectivity index (χ4n) is 1.11. The van der Waals surface area contributed by atoms with E-state index >= 15 is 0 Å². The van der Waals surface area contributed by atoms with Crippen LogP contribution in [0.1, 0.15) is 0 Å². The maximum atomic E-state index is 10.4. The summed E-state index contributed by atoms with van der Waals surface area (Å²) < 4.78 is 0. The SMILES string of the molecule is O=[N+]([O-])c1ccc(-c2cncnc2)cn1. The number of aromatic nitrogens is 3. The highest BCUT2D eigenvalue weighted by Crippen LogP contribution is 2.17. The zero-order valence-electron chi connectivity index (χ0n) is 7.57. The van der Waals surface area contributed by atoms with Gasteiger partial charge in [-0.3, -0.25) is 0 Å². The van der Waals surface area contributed by atoms with Gasteiger partial charge in [-0.25, -0.2) is 9.97 Å². The van der Waals surface area contributed by atoms with Crippen LogP contribution in [-0.2, 0) is 0 Å². The molecular weight excluding hydrogens is 196 g/mol. The Morgan fingerprint density at radius 1 is 1.07 bits per heavy atom. The van der Waals surface area contributed by atoms with E-state index in [2.05, 4.69) is 15.0 Å². The maximum absolute atomic E-state index is 10.4. The van der Waals surface area contributed by atoms with Crippen LogP contribution < -0.4 is 0 Å². The summed E-state index contributed by atoms with van der Waals surface area (Å²) in [5.41, 5.74) is 1.53. The van der Waals surface area contributed by atoms with E-state index < -0.39 is 4.92 Å². The Hall–Kier alpha value is -2.37. The Morgan fingerprint density at radius 2 is 1.80 bits per heavy atom. The highest BCUT2D eigenvalue weighted by Gasteiger charge is 2.07. The molecule has 0 aliphatic heterocycles. The molecule has 0 fully saturated rings. The smallest absolute Gasteiger partial charge is 0.358 e. The number of hydrogen-bond donors (Lipinski definition) is 0. The monoisotopic (exact) mass is 202 g/mol. The van der Waals surface area contributed by atoms with Gasteiger partial charge in [-0.1, -0.05) is 0 Å². The van der Waals surface area contributed by atoms with Crippen molar-refractivity contribution in [2.24, 2.45) is 0 Å². The van der Waals surface area contributed by atoms with Crippen LogP contribution in [0.25, 0.3) is 11.1 Å². The van der Waals surface area contributed by atoms with Crippen LogP contribution >= 0.6 is 0 Å². The topological polar surface area (TPSA) is 81.8 Å². The number of pyridine rings is 1. The van der Waals surface area contributed by atoms with Gasteiger partial charge < -0.3 is 10.1 Å². The summed E-state index contributed by atoms with van der Waals surface area (Å²) in [6.07, 6.45) is 6.09. The van der Waals surface area contributed by atoms with Crippen LogP contribution in [0.3, 0.4) is 0 Å². The van der Waals surface area contributed by atoms with E-state index in [0.717, 1.165) is 11.1 Å². The van der Waals surface area contributed by atoms with Crippen LogP contribution in [0.4, 0.5) is 5.82 Å². The first kappa shape index (κ1) is 9.20. The molecule has 0 radical (unpaired) electrons. The Balaban J connectivity index is 2.36. The Kier molecular flexibility index (Phi) is 2.32. The molecule has 15 heavy (non-hydrogen) atoms. The standard InChI is InChI=1S/C9H6N4O2/c14-13(15)9-2-1-7(5-12-9)8-3-10-6-11-4-8/h1-6H. The summed E-state index contributed by atoms with van der Waals surface area (Å²) in [7, 11) is 0. The number of hydrogen-bond acceptors (Lipinski definition) is 5. The summed E-state index contributed by atoms with van der Waals surface area (Å²) in [5, 5.41) is 10.4. The zero-order valence-corrected chi connectivity index (χ0v) is 7.57. The molecule has 0 aliphatic rings. The second-order valence-corrected chi connectivity index (χ2v) is 2.79. The molecular formula is C9H6N4O2. The van der Waals surface area contributed by atoms with Crippen LogP contribution in [0, 0.1) is 10.1 Å². The number of rotatable bonds is 2. The van der Waals surface area contributed by atoms with Gasteiger partial charge in [0.15, 0.2) is 0 Å². The van der Waals surface area contributed by atoms with E-state index in [1.54, 1.807) is 18.5 Å². The van der Waals surface area contributed by atoms with Crippen molar-refractivity contribution in [1.29, 1.82) is 0 Å². The lowest BCUT2D eigenvalue weighted by Crippen LogP contribution is -1.91. The third-order valence-electron chi connectivity index (χ3n) is 1.83. The van der Waals surface area contributed by atoms with Crippen molar-refractivity contribution in [2.75, 3.05) is 0 Å². The van der Waals surface area contributed by atoms with Gasteiger partial charge in [0.1, 0.15) is 12.5 Å². The molecule has 2 heterocycles. The summed E-state index contributed by atoms with van der Waals surface area (Å²) in [6, 6.07) is 2.96. The largest absolute Gasteiger partial charge is 0.363 e. The molecule has 74 valence electrons. The molecule has 2 aromatic rings. The molecule has 2 aromatic heterocycles. The summed E-state index contributed by atoms with van der Waals surface area (Å²) in [4.78, 5) is 21.2. The van der Waals surface area contributed by atoms with Gasteiger partial charge in [-0.05, 0) is 16.0 Å². The Bertz CT molecular complexity index is 469. The van der Waals surface area contributed by atoms with E-state index in [-0.39, 0.29) is 5.82 Å². The van der Waals surface area contributed by atoms with Crippen molar-refractivity contribution in [3.05, 3.63) is 47.2 Å². The van der Waals surface area contributed by atoms with Crippen molar-refractivity contribution < 1.29 is 4.92 Å². The molecule has 0 aromatic carbocycles. The minimum atomic E-state index is -0.536. The molecule has 0 aliphatic carbocycles. The molecule has 0 saturated carbocycles. The van der Waals surface area contributed by atoms with E-state index in [4.69, 9.17) is 0 Å². The zero-order chi connectivity index (χ0) is 10.7. The molecule has 0 atom stereocenters. The van der Waals surface area contributed by atoms with Crippen molar-refractivity contribution >= 4 is 5.82 Å².